The van der Waals surface area contributed by atoms with Crippen molar-refractivity contribution in [3.05, 3.63) is 0 Å². The molecule has 0 aromatic rings. The second kappa shape index (κ2) is 8.82. The van der Waals surface area contributed by atoms with Crippen LogP contribution in [0.5, 0.6) is 0 Å². The van der Waals surface area contributed by atoms with Gasteiger partial charge in [-0.25, -0.2) is 0 Å². The van der Waals surface area contributed by atoms with Crippen molar-refractivity contribution in [1.82, 2.24) is 10.6 Å². The maximum atomic E-state index is 11.5. The molecule has 4 heteroatoms. The van der Waals surface area contributed by atoms with Crippen LogP contribution in [0.1, 0.15) is 39.5 Å². The highest BCUT2D eigenvalue weighted by Crippen LogP contribution is 2.22. The molecule has 2 atom stereocenters. The van der Waals surface area contributed by atoms with Gasteiger partial charge in [0.15, 0.2) is 0 Å². The van der Waals surface area contributed by atoms with Crippen molar-refractivity contribution in [2.45, 2.75) is 39.5 Å². The van der Waals surface area contributed by atoms with E-state index in [0.717, 1.165) is 26.1 Å². The molecule has 0 spiro atoms. The van der Waals surface area contributed by atoms with E-state index in [1.54, 1.807) is 0 Å². The minimum Gasteiger partial charge on any atom is -0.356 e. The molecule has 16 heavy (non-hydrogen) atoms. The lowest BCUT2D eigenvalue weighted by molar-refractivity contribution is -0.122. The van der Waals surface area contributed by atoms with E-state index in [1.165, 1.54) is 12.8 Å². The Morgan fingerprint density at radius 2 is 2.31 bits per heavy atom. The van der Waals surface area contributed by atoms with Gasteiger partial charge in [-0.2, -0.15) is 0 Å². The van der Waals surface area contributed by atoms with E-state index in [-0.39, 0.29) is 18.3 Å². The van der Waals surface area contributed by atoms with Crippen molar-refractivity contribution < 1.29 is 4.79 Å². The Labute approximate surface area is 105 Å². The third kappa shape index (κ3) is 5.71. The van der Waals surface area contributed by atoms with Crippen molar-refractivity contribution >= 4 is 18.3 Å². The highest BCUT2D eigenvalue weighted by molar-refractivity contribution is 5.85. The lowest BCUT2D eigenvalue weighted by Crippen LogP contribution is -2.35. The summed E-state index contributed by atoms with van der Waals surface area (Å²) in [6, 6.07) is 0. The summed E-state index contributed by atoms with van der Waals surface area (Å²) in [5.74, 6) is 1.41. The smallest absolute Gasteiger partial charge is 0.220 e. The molecule has 0 aliphatic carbocycles. The normalized spacial score (nSPS) is 22.0. The molecular weight excluding hydrogens is 224 g/mol. The van der Waals surface area contributed by atoms with Gasteiger partial charge in [0.25, 0.3) is 0 Å². The van der Waals surface area contributed by atoms with Crippen LogP contribution < -0.4 is 10.6 Å². The van der Waals surface area contributed by atoms with Crippen LogP contribution >= 0.6 is 12.4 Å². The monoisotopic (exact) mass is 248 g/mol. The zero-order valence-corrected chi connectivity index (χ0v) is 11.2. The van der Waals surface area contributed by atoms with Crippen LogP contribution in [0.4, 0.5) is 0 Å². The molecule has 1 aliphatic heterocycles. The maximum absolute atomic E-state index is 11.5. The summed E-state index contributed by atoms with van der Waals surface area (Å²) in [7, 11) is 0. The number of piperidine rings is 1. The van der Waals surface area contributed by atoms with Crippen molar-refractivity contribution in [1.29, 1.82) is 0 Å². The van der Waals surface area contributed by atoms with E-state index in [2.05, 4.69) is 24.5 Å². The molecular formula is C12H25ClN2O. The molecule has 0 aromatic heterocycles. The van der Waals surface area contributed by atoms with Crippen molar-refractivity contribution in [2.24, 2.45) is 11.8 Å². The van der Waals surface area contributed by atoms with Crippen molar-refractivity contribution in [2.75, 3.05) is 19.6 Å². The first kappa shape index (κ1) is 15.7. The first-order valence-corrected chi connectivity index (χ1v) is 6.21. The molecule has 1 saturated heterocycles. The van der Waals surface area contributed by atoms with Crippen LogP contribution in [0.2, 0.25) is 0 Å². The summed E-state index contributed by atoms with van der Waals surface area (Å²) in [6.45, 7) is 7.32. The number of carbonyl (C=O) groups is 1. The van der Waals surface area contributed by atoms with Crippen LogP contribution in [0, 0.1) is 11.8 Å². The van der Waals surface area contributed by atoms with Gasteiger partial charge in [0.05, 0.1) is 0 Å². The summed E-state index contributed by atoms with van der Waals surface area (Å²) < 4.78 is 0. The fraction of sp³-hybridized carbons (Fsp3) is 0.917. The molecule has 0 aromatic carbocycles. The largest absolute Gasteiger partial charge is 0.356 e. The van der Waals surface area contributed by atoms with Crippen molar-refractivity contribution in [3.63, 3.8) is 0 Å². The van der Waals surface area contributed by atoms with Crippen LogP contribution in [-0.2, 0) is 4.79 Å². The molecule has 1 fully saturated rings. The minimum atomic E-state index is 0. The number of rotatable bonds is 5. The highest BCUT2D eigenvalue weighted by atomic mass is 35.5. The lowest BCUT2D eigenvalue weighted by Gasteiger charge is -2.27. The van der Waals surface area contributed by atoms with Crippen molar-refractivity contribution in [3.8, 4) is 0 Å². The van der Waals surface area contributed by atoms with Crippen LogP contribution in [0.25, 0.3) is 0 Å². The minimum absolute atomic E-state index is 0. The molecule has 2 unspecified atom stereocenters. The Morgan fingerprint density at radius 1 is 1.56 bits per heavy atom. The number of amides is 1. The molecule has 1 heterocycles. The van der Waals surface area contributed by atoms with Gasteiger partial charge in [-0.05, 0) is 44.2 Å². The van der Waals surface area contributed by atoms with E-state index in [0.29, 0.717) is 18.3 Å². The van der Waals surface area contributed by atoms with Gasteiger partial charge >= 0.3 is 0 Å². The summed E-state index contributed by atoms with van der Waals surface area (Å²) in [5, 5.41) is 6.34. The zero-order chi connectivity index (χ0) is 11.1. The zero-order valence-electron chi connectivity index (χ0n) is 10.4. The predicted molar refractivity (Wildman–Crippen MR) is 69.9 cm³/mol. The summed E-state index contributed by atoms with van der Waals surface area (Å²) in [4.78, 5) is 11.5. The summed E-state index contributed by atoms with van der Waals surface area (Å²) in [6.07, 6.45) is 4.23. The topological polar surface area (TPSA) is 41.1 Å². The molecule has 2 N–H and O–H groups in total. The number of nitrogens with one attached hydrogen (secondary N) is 2. The van der Waals surface area contributed by atoms with E-state index < -0.39 is 0 Å². The molecule has 1 amide bonds. The Hall–Kier alpha value is -0.280. The summed E-state index contributed by atoms with van der Waals surface area (Å²) >= 11 is 0. The second-order valence-corrected chi connectivity index (χ2v) is 4.64. The van der Waals surface area contributed by atoms with Gasteiger partial charge in [0.2, 0.25) is 5.91 Å². The SMILES string of the molecule is CCCNC(=O)CC(C)C1CCCNC1.Cl. The van der Waals surface area contributed by atoms with Crippen LogP contribution in [0.3, 0.4) is 0 Å². The van der Waals surface area contributed by atoms with Crippen LogP contribution in [0.15, 0.2) is 0 Å². The van der Waals surface area contributed by atoms with E-state index in [4.69, 9.17) is 0 Å². The van der Waals surface area contributed by atoms with Crippen LogP contribution in [-0.4, -0.2) is 25.5 Å². The molecule has 1 aliphatic rings. The molecule has 0 radical (unpaired) electrons. The Morgan fingerprint density at radius 3 is 2.88 bits per heavy atom. The second-order valence-electron chi connectivity index (χ2n) is 4.64. The number of hydrogen-bond acceptors (Lipinski definition) is 2. The Balaban J connectivity index is 0.00000225. The van der Waals surface area contributed by atoms with Gasteiger partial charge in [-0.1, -0.05) is 13.8 Å². The Kier molecular flexibility index (Phi) is 8.67. The predicted octanol–water partition coefficient (Wildman–Crippen LogP) is 1.96. The fourth-order valence-electron chi connectivity index (χ4n) is 2.16. The van der Waals surface area contributed by atoms with Gasteiger partial charge < -0.3 is 10.6 Å². The first-order valence-electron chi connectivity index (χ1n) is 6.21. The third-order valence-corrected chi connectivity index (χ3v) is 3.22. The molecule has 3 nitrogen and oxygen atoms in total. The average Bonchev–Trinajstić information content (AvgIpc) is 2.27. The van der Waals surface area contributed by atoms with E-state index in [1.807, 2.05) is 0 Å². The summed E-state index contributed by atoms with van der Waals surface area (Å²) in [5.41, 5.74) is 0. The van der Waals surface area contributed by atoms with Gasteiger partial charge in [-0.3, -0.25) is 4.79 Å². The standard InChI is InChI=1S/C12H24N2O.ClH/c1-3-6-14-12(15)8-10(2)11-5-4-7-13-9-11;/h10-11,13H,3-9H2,1-2H3,(H,14,15);1H. The third-order valence-electron chi connectivity index (χ3n) is 3.22. The lowest BCUT2D eigenvalue weighted by atomic mass is 9.85. The Bertz CT molecular complexity index is 193. The van der Waals surface area contributed by atoms with Gasteiger partial charge in [0.1, 0.15) is 0 Å². The molecule has 96 valence electrons. The average molecular weight is 249 g/mol. The number of hydrogen-bond donors (Lipinski definition) is 2. The van der Waals surface area contributed by atoms with E-state index in [9.17, 15) is 4.79 Å². The maximum Gasteiger partial charge on any atom is 0.220 e. The number of halogens is 1. The van der Waals surface area contributed by atoms with E-state index >= 15 is 0 Å². The molecule has 1 rings (SSSR count). The molecule has 0 bridgehead atoms. The first-order chi connectivity index (χ1) is 7.24. The highest BCUT2D eigenvalue weighted by Gasteiger charge is 2.21. The number of carbonyl (C=O) groups excluding carboxylic acids is 1. The quantitative estimate of drug-likeness (QED) is 0.781. The van der Waals surface area contributed by atoms with Gasteiger partial charge in [0, 0.05) is 13.0 Å². The fourth-order valence-corrected chi connectivity index (χ4v) is 2.16. The molecule has 0 saturated carbocycles. The van der Waals surface area contributed by atoms with Gasteiger partial charge in [-0.15, -0.1) is 12.4 Å².